The van der Waals surface area contributed by atoms with Crippen LogP contribution in [0.1, 0.15) is 13.8 Å². The van der Waals surface area contributed by atoms with Crippen molar-refractivity contribution >= 4 is 11.4 Å². The summed E-state index contributed by atoms with van der Waals surface area (Å²) in [6.45, 7) is 2.85. The first-order valence-corrected chi connectivity index (χ1v) is 1.70. The third-order valence-corrected chi connectivity index (χ3v) is 0.524. The molecular formula is C6H12N2NiReRf-. The van der Waals surface area contributed by atoms with Gasteiger partial charge in [-0.2, -0.15) is 0 Å². The van der Waals surface area contributed by atoms with Crippen molar-refractivity contribution in [2.24, 2.45) is 0 Å². The van der Waals surface area contributed by atoms with Gasteiger partial charge in [0.05, 0.1) is 0 Å². The first kappa shape index (κ1) is 46.8. The molecule has 0 unspecified atom stereocenters. The van der Waals surface area contributed by atoms with E-state index in [1.54, 1.807) is 0 Å². The summed E-state index contributed by atoms with van der Waals surface area (Å²) in [7, 11) is 0. The zero-order chi connectivity index (χ0) is 5.15. The molecule has 11 heavy (non-hydrogen) atoms. The zero-order valence-corrected chi connectivity index (χ0v) is 17.4. The van der Waals surface area contributed by atoms with Crippen molar-refractivity contribution in [3.05, 3.63) is 25.7 Å². The molecule has 0 bridgehead atoms. The van der Waals surface area contributed by atoms with Crippen LogP contribution in [0.2, 0.25) is 0 Å². The molecule has 0 aromatic rings. The van der Waals surface area contributed by atoms with Crippen molar-refractivity contribution in [3.8, 4) is 0 Å². The van der Waals surface area contributed by atoms with Crippen LogP contribution < -0.4 is 0 Å². The predicted octanol–water partition coefficient (Wildman–Crippen LogP) is 1.94. The molecule has 0 aromatic heterocycles. The van der Waals surface area contributed by atoms with Crippen LogP contribution in [-0.2, 0) is 36.9 Å². The fraction of sp³-hybridized carbons (Fsp3) is 0.333. The summed E-state index contributed by atoms with van der Waals surface area (Å²) in [6, 6.07) is 0. The summed E-state index contributed by atoms with van der Waals surface area (Å²) in [6.07, 6.45) is 0. The monoisotopic (exact) mass is 624 g/mol. The van der Waals surface area contributed by atoms with Crippen molar-refractivity contribution in [2.75, 3.05) is 0 Å². The van der Waals surface area contributed by atoms with Crippen molar-refractivity contribution in [1.29, 1.82) is 0 Å². The summed E-state index contributed by atoms with van der Waals surface area (Å²) < 4.78 is 0. The maximum absolute atomic E-state index is 8.26. The Morgan fingerprint density at radius 2 is 1.00 bits per heavy atom. The standard InChI is InChI=1S/C4H6N2.2CH3.Ni.Re.Rf/c1-3(5)4(2)6;;;;;/h1-2H3;2*1H3;;;/q-2;2*-1;+3;;. The van der Waals surface area contributed by atoms with Gasteiger partial charge in [0, 0.05) is 20.4 Å². The molecule has 0 aromatic carbocycles. The molecule has 0 spiro atoms. The molecule has 0 rings (SSSR count). The molecule has 0 saturated heterocycles. The van der Waals surface area contributed by atoms with Gasteiger partial charge in [0.15, 0.2) is 0 Å². The molecule has 0 aliphatic carbocycles. The summed E-state index contributed by atoms with van der Waals surface area (Å²) in [4.78, 5) is 0. The average Bonchev–Trinajstić information content (AvgIpc) is 1.36. The number of hydrogen-bond acceptors (Lipinski definition) is 0. The maximum atomic E-state index is 8.26. The van der Waals surface area contributed by atoms with E-state index < -0.39 is 0 Å². The largest absolute Gasteiger partial charge is 3.00 e. The predicted molar refractivity (Wildman–Crippen MR) is 40.9 cm³/mol. The Morgan fingerprint density at radius 1 is 0.909 bits per heavy atom. The van der Waals surface area contributed by atoms with Crippen LogP contribution in [0.5, 0.6) is 0 Å². The van der Waals surface area contributed by atoms with Crippen LogP contribution in [0.3, 0.4) is 0 Å². The quantitative estimate of drug-likeness (QED) is 0.244. The third-order valence-electron chi connectivity index (χ3n) is 0.524. The second kappa shape index (κ2) is 22.7. The Kier molecular flexibility index (Phi) is 96.6. The Morgan fingerprint density at radius 3 is 1.00 bits per heavy atom. The average molecular weight is 624 g/mol. The SMILES string of the molecule is CC(=[N-])C(C)=[N-].[CH3-].[CH3-].[Ni+3].[Re].[Rf]. The Balaban J connectivity index is -0.0000000125. The molecule has 0 fully saturated rings. The van der Waals surface area contributed by atoms with Crippen LogP contribution in [0.4, 0.5) is 0 Å². The van der Waals surface area contributed by atoms with Gasteiger partial charge in [0.25, 0.3) is 0 Å². The number of hydrogen-bond donors (Lipinski definition) is 0. The van der Waals surface area contributed by atoms with Gasteiger partial charge in [-0.3, -0.25) is 0 Å². The number of nitrogens with zero attached hydrogens (tertiary/aromatic N) is 2. The van der Waals surface area contributed by atoms with Crippen molar-refractivity contribution in [2.45, 2.75) is 13.8 Å². The van der Waals surface area contributed by atoms with Gasteiger partial charge in [0.2, 0.25) is 0 Å². The molecule has 0 N–H and O–H groups in total. The van der Waals surface area contributed by atoms with Gasteiger partial charge in [-0.05, 0) is 0 Å². The Bertz CT molecular complexity index is 86.6. The molecular weight excluding hydrogens is 612 g/mol. The Hall–Kier alpha value is -0.504. The van der Waals surface area contributed by atoms with Crippen LogP contribution in [0.15, 0.2) is 0 Å². The number of rotatable bonds is 1. The Labute approximate surface area is 87.8 Å². The first-order valence-electron chi connectivity index (χ1n) is 1.70. The molecule has 66 valence electrons. The van der Waals surface area contributed by atoms with Crippen LogP contribution in [-0.4, -0.2) is 11.4 Å². The van der Waals surface area contributed by atoms with E-state index in [-0.39, 0.29) is 63.2 Å². The molecule has 0 aliphatic rings. The van der Waals surface area contributed by atoms with E-state index in [0.717, 1.165) is 0 Å². The van der Waals surface area contributed by atoms with E-state index in [0.29, 0.717) is 0 Å². The first-order chi connectivity index (χ1) is 2.64. The van der Waals surface area contributed by atoms with E-state index >= 15 is 0 Å². The molecule has 0 heterocycles. The zero-order valence-electron chi connectivity index (χ0n) is 7.30. The minimum Gasteiger partial charge on any atom is -0.809 e. The third kappa shape index (κ3) is 43.7. The molecule has 2 nitrogen and oxygen atoms in total. The van der Waals surface area contributed by atoms with Crippen LogP contribution in [0, 0.1) is 14.9 Å². The molecule has 0 amide bonds. The molecule has 5 heteroatoms. The minimum atomic E-state index is -0.0185. The normalized spacial score (nSPS) is 4.18. The van der Waals surface area contributed by atoms with Crippen LogP contribution in [0.25, 0.3) is 10.8 Å². The van der Waals surface area contributed by atoms with Gasteiger partial charge >= 0.3 is 16.5 Å². The van der Waals surface area contributed by atoms with Crippen molar-refractivity contribution in [3.63, 3.8) is 0 Å². The van der Waals surface area contributed by atoms with E-state index in [4.69, 9.17) is 10.8 Å². The van der Waals surface area contributed by atoms with Gasteiger partial charge in [-0.25, -0.2) is 11.4 Å². The smallest absolute Gasteiger partial charge is 0.809 e. The summed E-state index contributed by atoms with van der Waals surface area (Å²) in [5.74, 6) is 0. The molecule has 2 radical (unpaired) electrons. The van der Waals surface area contributed by atoms with Crippen molar-refractivity contribution < 1.29 is 36.9 Å². The fourth-order valence-electron chi connectivity index (χ4n) is 0. The van der Waals surface area contributed by atoms with E-state index in [9.17, 15) is 0 Å². The van der Waals surface area contributed by atoms with E-state index in [2.05, 4.69) is 0 Å². The van der Waals surface area contributed by atoms with Crippen molar-refractivity contribution in [1.82, 2.24) is 0 Å². The molecule has 0 atom stereocenters. The van der Waals surface area contributed by atoms with Crippen LogP contribution >= 0.6 is 0 Å². The second-order valence-corrected chi connectivity index (χ2v) is 1.17. The van der Waals surface area contributed by atoms with Gasteiger partial charge < -0.3 is 25.7 Å². The summed E-state index contributed by atoms with van der Waals surface area (Å²) in [5.41, 5.74) is -0.0370. The second-order valence-electron chi connectivity index (χ2n) is 1.17. The maximum Gasteiger partial charge on any atom is 3.00 e. The van der Waals surface area contributed by atoms with Gasteiger partial charge in [0.1, 0.15) is 0 Å². The topological polar surface area (TPSA) is 44.6 Å². The molecule has 0 aliphatic heterocycles. The van der Waals surface area contributed by atoms with E-state index in [1.165, 1.54) is 13.8 Å². The van der Waals surface area contributed by atoms with Gasteiger partial charge in [-0.15, -0.1) is 0 Å². The van der Waals surface area contributed by atoms with Gasteiger partial charge in [-0.1, -0.05) is 13.8 Å². The summed E-state index contributed by atoms with van der Waals surface area (Å²) in [5, 5.41) is 16.5. The molecule has 0 saturated carbocycles. The fourth-order valence-corrected chi connectivity index (χ4v) is 0. The minimum absolute atomic E-state index is 0. The summed E-state index contributed by atoms with van der Waals surface area (Å²) >= 11 is 0. The van der Waals surface area contributed by atoms with E-state index in [1.807, 2.05) is 0 Å².